The second-order valence-electron chi connectivity index (χ2n) is 6.64. The Morgan fingerprint density at radius 3 is 2.88 bits per heavy atom. The van der Waals surface area contributed by atoms with Gasteiger partial charge in [0.05, 0.1) is 6.42 Å². The third kappa shape index (κ3) is 4.02. The van der Waals surface area contributed by atoms with Gasteiger partial charge in [-0.1, -0.05) is 23.8 Å². The molecule has 1 unspecified atom stereocenters. The van der Waals surface area contributed by atoms with E-state index in [0.717, 1.165) is 34.4 Å². The van der Waals surface area contributed by atoms with Crippen molar-refractivity contribution < 1.29 is 9.59 Å². The molecule has 6 heteroatoms. The molecule has 1 aliphatic rings. The maximum Gasteiger partial charge on any atom is 0.286 e. The van der Waals surface area contributed by atoms with Gasteiger partial charge in [-0.05, 0) is 49.8 Å². The van der Waals surface area contributed by atoms with Crippen molar-refractivity contribution in [3.63, 3.8) is 0 Å². The fraction of sp³-hybridized carbons (Fsp3) is 0.368. The van der Waals surface area contributed by atoms with Gasteiger partial charge in [-0.2, -0.15) is 0 Å². The van der Waals surface area contributed by atoms with Crippen molar-refractivity contribution in [1.82, 2.24) is 15.3 Å². The number of rotatable bonds is 4. The number of benzene rings is 1. The summed E-state index contributed by atoms with van der Waals surface area (Å²) in [5, 5.41) is 3.11. The van der Waals surface area contributed by atoms with E-state index in [0.29, 0.717) is 19.3 Å². The Labute approximate surface area is 146 Å². The molecule has 3 N–H and O–H groups in total. The Bertz CT molecular complexity index is 832. The van der Waals surface area contributed by atoms with Crippen molar-refractivity contribution in [3.05, 3.63) is 58.2 Å². The van der Waals surface area contributed by atoms with E-state index in [-0.39, 0.29) is 17.8 Å². The van der Waals surface area contributed by atoms with Crippen LogP contribution in [0.4, 0.5) is 0 Å². The zero-order valence-corrected chi connectivity index (χ0v) is 14.5. The number of fused-ring (bicyclic) bond motifs is 1. The van der Waals surface area contributed by atoms with Crippen LogP contribution in [0, 0.1) is 13.8 Å². The van der Waals surface area contributed by atoms with Crippen LogP contribution in [0.3, 0.4) is 0 Å². The predicted octanol–water partition coefficient (Wildman–Crippen LogP) is 1.41. The van der Waals surface area contributed by atoms with Gasteiger partial charge in [0.25, 0.3) is 5.91 Å². The fourth-order valence-corrected chi connectivity index (χ4v) is 3.19. The lowest BCUT2D eigenvalue weighted by Gasteiger charge is -2.25. The minimum atomic E-state index is -0.619. The van der Waals surface area contributed by atoms with E-state index < -0.39 is 5.91 Å². The van der Waals surface area contributed by atoms with Crippen LogP contribution in [-0.4, -0.2) is 27.8 Å². The Kier molecular flexibility index (Phi) is 4.79. The molecular weight excluding hydrogens is 316 g/mol. The summed E-state index contributed by atoms with van der Waals surface area (Å²) in [6.07, 6.45) is 4.19. The maximum atomic E-state index is 12.4. The second-order valence-corrected chi connectivity index (χ2v) is 6.64. The van der Waals surface area contributed by atoms with E-state index in [9.17, 15) is 9.59 Å². The molecule has 0 spiro atoms. The molecular formula is C19H22N4O2. The molecule has 0 radical (unpaired) electrons. The molecule has 0 fully saturated rings. The van der Waals surface area contributed by atoms with Crippen LogP contribution in [0.5, 0.6) is 0 Å². The molecule has 0 saturated carbocycles. The quantitative estimate of drug-likeness (QED) is 0.880. The molecule has 0 aliphatic heterocycles. The van der Waals surface area contributed by atoms with Gasteiger partial charge in [-0.15, -0.1) is 0 Å². The predicted molar refractivity (Wildman–Crippen MR) is 94.1 cm³/mol. The van der Waals surface area contributed by atoms with E-state index in [1.54, 1.807) is 6.20 Å². The molecule has 130 valence electrons. The number of aromatic nitrogens is 2. The van der Waals surface area contributed by atoms with Crippen LogP contribution in [0.25, 0.3) is 0 Å². The summed E-state index contributed by atoms with van der Waals surface area (Å²) >= 11 is 0. The number of hydrogen-bond donors (Lipinski definition) is 2. The van der Waals surface area contributed by atoms with E-state index in [2.05, 4.69) is 27.4 Å². The number of nitrogens with two attached hydrogens (primary N) is 1. The van der Waals surface area contributed by atoms with Gasteiger partial charge in [0.15, 0.2) is 0 Å². The summed E-state index contributed by atoms with van der Waals surface area (Å²) in [6.45, 7) is 4.05. The molecule has 0 saturated heterocycles. The smallest absolute Gasteiger partial charge is 0.286 e. The summed E-state index contributed by atoms with van der Waals surface area (Å²) < 4.78 is 0. The third-order valence-electron chi connectivity index (χ3n) is 4.59. The average Bonchev–Trinajstić information content (AvgIpc) is 2.57. The van der Waals surface area contributed by atoms with Crippen molar-refractivity contribution in [2.24, 2.45) is 5.73 Å². The van der Waals surface area contributed by atoms with Gasteiger partial charge >= 0.3 is 0 Å². The topological polar surface area (TPSA) is 98.0 Å². The molecule has 6 nitrogen and oxygen atoms in total. The number of hydrogen-bond acceptors (Lipinski definition) is 4. The minimum absolute atomic E-state index is 0.0248. The lowest BCUT2D eigenvalue weighted by atomic mass is 9.92. The molecule has 1 aliphatic carbocycles. The molecule has 2 amide bonds. The fourth-order valence-electron chi connectivity index (χ4n) is 3.19. The molecule has 25 heavy (non-hydrogen) atoms. The zero-order valence-electron chi connectivity index (χ0n) is 14.5. The first-order valence-electron chi connectivity index (χ1n) is 8.42. The monoisotopic (exact) mass is 338 g/mol. The van der Waals surface area contributed by atoms with Crippen molar-refractivity contribution in [3.8, 4) is 0 Å². The van der Waals surface area contributed by atoms with Gasteiger partial charge in [-0.3, -0.25) is 9.59 Å². The molecule has 3 rings (SSSR count). The highest BCUT2D eigenvalue weighted by Gasteiger charge is 2.23. The molecule has 0 bridgehead atoms. The summed E-state index contributed by atoms with van der Waals surface area (Å²) in [7, 11) is 0. The number of carbonyl (C=O) groups is 2. The van der Waals surface area contributed by atoms with Crippen LogP contribution >= 0.6 is 0 Å². The van der Waals surface area contributed by atoms with Crippen molar-refractivity contribution in [1.29, 1.82) is 0 Å². The average molecular weight is 338 g/mol. The third-order valence-corrected chi connectivity index (χ3v) is 4.59. The summed E-state index contributed by atoms with van der Waals surface area (Å²) in [5.74, 6) is -0.542. The first-order valence-corrected chi connectivity index (χ1v) is 8.42. The molecule has 1 aromatic carbocycles. The van der Waals surface area contributed by atoms with Crippen LogP contribution in [0.15, 0.2) is 24.4 Å². The Morgan fingerprint density at radius 1 is 1.32 bits per heavy atom. The van der Waals surface area contributed by atoms with Crippen molar-refractivity contribution in [2.75, 3.05) is 0 Å². The van der Waals surface area contributed by atoms with Gasteiger partial charge in [0, 0.05) is 17.9 Å². The summed E-state index contributed by atoms with van der Waals surface area (Å²) in [6, 6.07) is 6.22. The zero-order chi connectivity index (χ0) is 18.0. The molecule has 1 aromatic heterocycles. The minimum Gasteiger partial charge on any atom is -0.363 e. The summed E-state index contributed by atoms with van der Waals surface area (Å²) in [4.78, 5) is 31.8. The highest BCUT2D eigenvalue weighted by Crippen LogP contribution is 2.19. The largest absolute Gasteiger partial charge is 0.363 e. The van der Waals surface area contributed by atoms with Crippen LogP contribution in [0.1, 0.15) is 45.0 Å². The standard InChI is InChI=1S/C19H22N4O2/c1-11-3-4-12(2)13(7-11)9-17(24)22-15-5-6-16-14(8-15)10-21-19(23-16)18(20)25/h3-4,7,10,15H,5-6,8-9H2,1-2H3,(H2,20,25)(H,22,24). The van der Waals surface area contributed by atoms with Gasteiger partial charge in [0.1, 0.15) is 0 Å². The van der Waals surface area contributed by atoms with E-state index in [1.807, 2.05) is 19.9 Å². The van der Waals surface area contributed by atoms with E-state index in [4.69, 9.17) is 5.73 Å². The van der Waals surface area contributed by atoms with Crippen molar-refractivity contribution >= 4 is 11.8 Å². The number of aryl methyl sites for hydroxylation is 3. The lowest BCUT2D eigenvalue weighted by Crippen LogP contribution is -2.40. The van der Waals surface area contributed by atoms with E-state index >= 15 is 0 Å². The normalized spacial score (nSPS) is 16.2. The van der Waals surface area contributed by atoms with Crippen LogP contribution < -0.4 is 11.1 Å². The molecule has 1 heterocycles. The van der Waals surface area contributed by atoms with Gasteiger partial charge in [0.2, 0.25) is 11.7 Å². The number of primary amides is 1. The van der Waals surface area contributed by atoms with Crippen molar-refractivity contribution in [2.45, 2.75) is 45.6 Å². The van der Waals surface area contributed by atoms with E-state index in [1.165, 1.54) is 0 Å². The molecule has 2 aromatic rings. The number of nitrogens with one attached hydrogen (secondary N) is 1. The lowest BCUT2D eigenvalue weighted by molar-refractivity contribution is -0.121. The second kappa shape index (κ2) is 7.01. The Morgan fingerprint density at radius 2 is 2.12 bits per heavy atom. The number of carbonyl (C=O) groups excluding carboxylic acids is 2. The Hall–Kier alpha value is -2.76. The van der Waals surface area contributed by atoms with Crippen LogP contribution in [-0.2, 0) is 24.1 Å². The Balaban J connectivity index is 1.63. The first kappa shape index (κ1) is 17.1. The van der Waals surface area contributed by atoms with Gasteiger partial charge in [-0.25, -0.2) is 9.97 Å². The SMILES string of the molecule is Cc1ccc(C)c(CC(=O)NC2CCc3nc(C(N)=O)ncc3C2)c1. The first-order chi connectivity index (χ1) is 11.9. The molecule has 1 atom stereocenters. The summed E-state index contributed by atoms with van der Waals surface area (Å²) in [5.41, 5.74) is 10.4. The number of amides is 2. The highest BCUT2D eigenvalue weighted by atomic mass is 16.2. The van der Waals surface area contributed by atoms with Crippen LogP contribution in [0.2, 0.25) is 0 Å². The maximum absolute atomic E-state index is 12.4. The number of nitrogens with zero attached hydrogens (tertiary/aromatic N) is 2. The van der Waals surface area contributed by atoms with Gasteiger partial charge < -0.3 is 11.1 Å². The highest BCUT2D eigenvalue weighted by molar-refractivity contribution is 5.88.